The van der Waals surface area contributed by atoms with E-state index >= 15 is 0 Å². The highest BCUT2D eigenvalue weighted by Gasteiger charge is 2.19. The van der Waals surface area contributed by atoms with Crippen molar-refractivity contribution in [3.05, 3.63) is 176 Å². The fourth-order valence-electron chi connectivity index (χ4n) is 8.32. The van der Waals surface area contributed by atoms with Crippen molar-refractivity contribution >= 4 is 65.3 Å². The Morgan fingerprint density at radius 3 is 1.98 bits per heavy atom. The number of nitrogens with zero attached hydrogens (tertiary/aromatic N) is 6. The zero-order valence-electron chi connectivity index (χ0n) is 31.2. The third kappa shape index (κ3) is 4.94. The van der Waals surface area contributed by atoms with Crippen molar-refractivity contribution in [1.29, 1.82) is 0 Å². The summed E-state index contributed by atoms with van der Waals surface area (Å²) >= 11 is 0. The average Bonchev–Trinajstić information content (AvgIpc) is 3.95. The van der Waals surface area contributed by atoms with Gasteiger partial charge in [0.15, 0.2) is 6.33 Å². The van der Waals surface area contributed by atoms with Gasteiger partial charge in [0.25, 0.3) is 0 Å². The van der Waals surface area contributed by atoms with E-state index in [4.69, 9.17) is 14.8 Å². The Morgan fingerprint density at radius 1 is 0.536 bits per heavy atom. The molecule has 268 valence electrons. The van der Waals surface area contributed by atoms with Crippen LogP contribution in [0.25, 0.3) is 76.8 Å². The van der Waals surface area contributed by atoms with Crippen LogP contribution in [-0.2, 0) is 5.41 Å². The lowest BCUT2D eigenvalue weighted by atomic mass is 9.88. The Bertz CT molecular complexity index is 3400. The quantitative estimate of drug-likeness (QED) is 0.134. The minimum atomic E-state index is -0.00879. The molecule has 0 saturated carbocycles. The summed E-state index contributed by atoms with van der Waals surface area (Å²) < 4.78 is 15.0. The number of benzene rings is 6. The summed E-state index contributed by atoms with van der Waals surface area (Å²) in [4.78, 5) is 4.86. The molecule has 6 aromatic carbocycles. The predicted molar refractivity (Wildman–Crippen MR) is 225 cm³/mol. The summed E-state index contributed by atoms with van der Waals surface area (Å²) in [6, 6.07) is 53.0. The fraction of sp³-hybridized carbons (Fsp3) is 0.0816. The Morgan fingerprint density at radius 2 is 1.18 bits per heavy atom. The zero-order valence-corrected chi connectivity index (χ0v) is 31.2. The number of hydrogen-bond acceptors (Lipinski definition) is 3. The normalized spacial score (nSPS) is 12.2. The number of fused-ring (bicyclic) bond motifs is 10. The lowest BCUT2D eigenvalue weighted by Crippen LogP contribution is -2.29. The minimum absolute atomic E-state index is 0.00879. The molecule has 0 amide bonds. The summed E-state index contributed by atoms with van der Waals surface area (Å²) in [5, 5.41) is 12.9. The first-order valence-electron chi connectivity index (χ1n) is 18.9. The van der Waals surface area contributed by atoms with Crippen LogP contribution in [0.15, 0.2) is 164 Å². The van der Waals surface area contributed by atoms with Crippen molar-refractivity contribution in [2.45, 2.75) is 26.2 Å². The second kappa shape index (κ2) is 12.1. The average molecular weight is 725 g/mol. The van der Waals surface area contributed by atoms with Gasteiger partial charge in [-0.2, -0.15) is 0 Å². The highest BCUT2D eigenvalue weighted by atomic mass is 16.5. The van der Waals surface area contributed by atoms with Crippen molar-refractivity contribution < 1.29 is 9.25 Å². The molecule has 0 bridgehead atoms. The molecule has 5 aromatic heterocycles. The van der Waals surface area contributed by atoms with Gasteiger partial charge in [-0.15, -0.1) is 0 Å². The van der Waals surface area contributed by atoms with Crippen LogP contribution in [0.1, 0.15) is 26.3 Å². The van der Waals surface area contributed by atoms with Gasteiger partial charge < -0.3 is 9.30 Å². The molecule has 0 N–H and O–H groups in total. The molecule has 56 heavy (non-hydrogen) atoms. The van der Waals surface area contributed by atoms with Gasteiger partial charge in [0.1, 0.15) is 29.0 Å². The first-order valence-corrected chi connectivity index (χ1v) is 18.9. The molecule has 11 aromatic rings. The molecule has 0 fully saturated rings. The molecular formula is C49H36N6O. The van der Waals surface area contributed by atoms with Crippen molar-refractivity contribution in [2.75, 3.05) is 0 Å². The van der Waals surface area contributed by atoms with Crippen molar-refractivity contribution in [3.8, 4) is 23.0 Å². The molecule has 0 spiro atoms. The molecule has 0 radical (unpaired) electrons. The van der Waals surface area contributed by atoms with E-state index in [0.717, 1.165) is 72.1 Å². The number of pyridine rings is 1. The summed E-state index contributed by atoms with van der Waals surface area (Å²) in [6.07, 6.45) is 7.45. The maximum Gasteiger partial charge on any atom is 0.197 e. The molecular weight excluding hydrogens is 689 g/mol. The van der Waals surface area contributed by atoms with Crippen LogP contribution in [0.2, 0.25) is 0 Å². The third-order valence-corrected chi connectivity index (χ3v) is 11.0. The van der Waals surface area contributed by atoms with Crippen LogP contribution in [0, 0.1) is 6.33 Å². The molecule has 11 rings (SSSR count). The molecule has 5 heterocycles. The number of rotatable bonds is 4. The van der Waals surface area contributed by atoms with E-state index in [2.05, 4.69) is 176 Å². The summed E-state index contributed by atoms with van der Waals surface area (Å²) in [5.41, 5.74) is 7.27. The van der Waals surface area contributed by atoms with E-state index in [0.29, 0.717) is 0 Å². The number of ether oxygens (including phenoxy) is 1. The smallest absolute Gasteiger partial charge is 0.197 e. The van der Waals surface area contributed by atoms with Gasteiger partial charge in [-0.25, -0.2) is 9.50 Å². The second-order valence-corrected chi connectivity index (χ2v) is 15.4. The second-order valence-electron chi connectivity index (χ2n) is 15.4. The number of hydrogen-bond donors (Lipinski definition) is 0. The topological polar surface area (TPSA) is 53.4 Å². The zero-order chi connectivity index (χ0) is 37.5. The van der Waals surface area contributed by atoms with Crippen LogP contribution >= 0.6 is 0 Å². The van der Waals surface area contributed by atoms with Gasteiger partial charge in [-0.05, 0) is 80.1 Å². The minimum Gasteiger partial charge on any atom is -0.458 e. The lowest BCUT2D eigenvalue weighted by molar-refractivity contribution is -0.602. The number of para-hydroxylation sites is 2. The van der Waals surface area contributed by atoms with E-state index in [1.54, 1.807) is 0 Å². The van der Waals surface area contributed by atoms with E-state index in [9.17, 15) is 0 Å². The highest BCUT2D eigenvalue weighted by molar-refractivity contribution is 6.17. The van der Waals surface area contributed by atoms with Gasteiger partial charge in [0.2, 0.25) is 0 Å². The van der Waals surface area contributed by atoms with Crippen molar-refractivity contribution in [1.82, 2.24) is 23.8 Å². The molecule has 0 aliphatic heterocycles. The molecule has 0 aliphatic carbocycles. The third-order valence-electron chi connectivity index (χ3n) is 11.0. The standard InChI is InChI=1S/C49H36N6O/c1-49(2,3)32-24-26-50-47(28-32)54-43-20-9-8-18-40(43)41-23-22-35(30-46(41)54)56-34-13-10-12-33(29-34)52-31-53-48-42(19-11-21-45(48)52)38-16-5-4-14-36(38)37-15-6-7-17-39(37)44-25-27-51-55(44)53/h4-30H,1-3H3. The van der Waals surface area contributed by atoms with Crippen molar-refractivity contribution in [2.24, 2.45) is 0 Å². The van der Waals surface area contributed by atoms with Gasteiger partial charge in [0, 0.05) is 45.7 Å². The number of aromatic nitrogens is 6. The maximum absolute atomic E-state index is 6.70. The van der Waals surface area contributed by atoms with Crippen LogP contribution in [0.3, 0.4) is 0 Å². The molecule has 0 saturated heterocycles. The first kappa shape index (κ1) is 32.2. The predicted octanol–water partition coefficient (Wildman–Crippen LogP) is 11.3. The molecule has 7 heteroatoms. The molecule has 7 nitrogen and oxygen atoms in total. The molecule has 0 unspecified atom stereocenters. The number of imidazole rings is 1. The summed E-state index contributed by atoms with van der Waals surface area (Å²) in [6.45, 7) is 6.69. The Hall–Kier alpha value is -7.25. The summed E-state index contributed by atoms with van der Waals surface area (Å²) in [7, 11) is 0. The van der Waals surface area contributed by atoms with Gasteiger partial charge in [-0.3, -0.25) is 4.57 Å². The van der Waals surface area contributed by atoms with Gasteiger partial charge in [-0.1, -0.05) is 122 Å². The Kier molecular flexibility index (Phi) is 6.98. The molecule has 0 aliphatic rings. The van der Waals surface area contributed by atoms with Crippen LogP contribution < -0.4 is 9.25 Å². The monoisotopic (exact) mass is 724 g/mol. The van der Waals surface area contributed by atoms with E-state index in [-0.39, 0.29) is 5.41 Å². The van der Waals surface area contributed by atoms with E-state index in [1.165, 1.54) is 21.7 Å². The fourth-order valence-corrected chi connectivity index (χ4v) is 8.32. The van der Waals surface area contributed by atoms with E-state index in [1.807, 2.05) is 33.7 Å². The summed E-state index contributed by atoms with van der Waals surface area (Å²) in [5.74, 6) is 2.34. The van der Waals surface area contributed by atoms with Gasteiger partial charge in [0.05, 0.1) is 16.6 Å². The lowest BCUT2D eigenvalue weighted by Gasteiger charge is -2.20. The van der Waals surface area contributed by atoms with Crippen LogP contribution in [-0.4, -0.2) is 23.8 Å². The van der Waals surface area contributed by atoms with Crippen LogP contribution in [0.5, 0.6) is 11.5 Å². The molecule has 0 atom stereocenters. The highest BCUT2D eigenvalue weighted by Crippen LogP contribution is 2.37. The Balaban J connectivity index is 1.08. The largest absolute Gasteiger partial charge is 0.458 e. The van der Waals surface area contributed by atoms with Crippen LogP contribution in [0.4, 0.5) is 0 Å². The van der Waals surface area contributed by atoms with Crippen molar-refractivity contribution in [3.63, 3.8) is 0 Å². The maximum atomic E-state index is 6.70. The van der Waals surface area contributed by atoms with Gasteiger partial charge >= 0.3 is 0 Å². The SMILES string of the molecule is CC(C)(C)c1ccnc(-n2c3ccccc3c3ccc(Oc4cccc(-n5[c-][n+]6c7c(cccc75)c5ccccc5c5ccccc5c5ccnn56)c4)cc32)c1. The Labute approximate surface area is 322 Å². The first-order chi connectivity index (χ1) is 27.4. The van der Waals surface area contributed by atoms with E-state index < -0.39 is 0 Å².